The topological polar surface area (TPSA) is 82.2 Å². The van der Waals surface area contributed by atoms with Gasteiger partial charge in [-0.1, -0.05) is 31.4 Å². The lowest BCUT2D eigenvalue weighted by molar-refractivity contribution is 0.0216. The van der Waals surface area contributed by atoms with Gasteiger partial charge in [0, 0.05) is 50.1 Å². The summed E-state index contributed by atoms with van der Waals surface area (Å²) in [6.45, 7) is 8.78. The third kappa shape index (κ3) is 8.22. The molecular formula is C33H44N4O4S2. The van der Waals surface area contributed by atoms with Crippen molar-refractivity contribution >= 4 is 52.4 Å². The Hall–Kier alpha value is -2.82. The van der Waals surface area contributed by atoms with Crippen molar-refractivity contribution in [3.05, 3.63) is 59.2 Å². The maximum atomic E-state index is 13.5. The average molecular weight is 625 g/mol. The number of hydrogen-bond donors (Lipinski definition) is 1. The van der Waals surface area contributed by atoms with Gasteiger partial charge in [-0.05, 0) is 105 Å². The first-order valence-corrected chi connectivity index (χ1v) is 17.5. The summed E-state index contributed by atoms with van der Waals surface area (Å²) in [6.07, 6.45) is 10.1. The van der Waals surface area contributed by atoms with Gasteiger partial charge in [0.05, 0.1) is 11.3 Å². The molecule has 1 saturated carbocycles. The molecule has 2 aromatic carbocycles. The van der Waals surface area contributed by atoms with E-state index in [1.165, 1.54) is 32.1 Å². The van der Waals surface area contributed by atoms with E-state index < -0.39 is 16.6 Å². The summed E-state index contributed by atoms with van der Waals surface area (Å²) < 4.78 is 21.8. The Kier molecular flexibility index (Phi) is 9.88. The van der Waals surface area contributed by atoms with Crippen LogP contribution >= 0.6 is 11.9 Å². The number of piperidine rings is 1. The van der Waals surface area contributed by atoms with E-state index in [1.54, 1.807) is 34.5 Å². The fourth-order valence-electron chi connectivity index (χ4n) is 5.76. The van der Waals surface area contributed by atoms with Crippen LogP contribution in [-0.2, 0) is 15.7 Å². The van der Waals surface area contributed by atoms with Crippen LogP contribution in [0.2, 0.25) is 0 Å². The number of likely N-dealkylation sites (tertiary alicyclic amines) is 1. The van der Waals surface area contributed by atoms with Crippen LogP contribution in [0.3, 0.4) is 0 Å². The van der Waals surface area contributed by atoms with Crippen molar-refractivity contribution in [2.45, 2.75) is 63.4 Å². The molecule has 2 heterocycles. The van der Waals surface area contributed by atoms with Gasteiger partial charge in [0.15, 0.2) is 0 Å². The molecule has 3 fully saturated rings. The quantitative estimate of drug-likeness (QED) is 0.325. The van der Waals surface area contributed by atoms with Gasteiger partial charge in [-0.15, -0.1) is 0 Å². The lowest BCUT2D eigenvalue weighted by Crippen LogP contribution is -2.46. The maximum Gasteiger partial charge on any atom is 0.410 e. The highest BCUT2D eigenvalue weighted by Crippen LogP contribution is 2.40. The summed E-state index contributed by atoms with van der Waals surface area (Å²) in [5.41, 5.74) is 3.10. The van der Waals surface area contributed by atoms with Crippen LogP contribution < -0.4 is 9.62 Å². The third-order valence-corrected chi connectivity index (χ3v) is 10.5. The van der Waals surface area contributed by atoms with Crippen LogP contribution in [0.1, 0.15) is 68.8 Å². The van der Waals surface area contributed by atoms with Crippen molar-refractivity contribution in [3.63, 3.8) is 0 Å². The number of nitrogens with zero attached hydrogens (tertiary/aromatic N) is 3. The molecule has 1 atom stereocenters. The second-order valence-corrected chi connectivity index (χ2v) is 15.4. The number of rotatable bonds is 8. The second kappa shape index (κ2) is 13.4. The molecule has 0 bridgehead atoms. The Morgan fingerprint density at radius 1 is 1.02 bits per heavy atom. The molecule has 232 valence electrons. The second-order valence-electron chi connectivity index (χ2n) is 12.9. The fourth-order valence-corrected chi connectivity index (χ4v) is 7.15. The van der Waals surface area contributed by atoms with Crippen molar-refractivity contribution in [2.24, 2.45) is 11.8 Å². The van der Waals surface area contributed by atoms with Crippen molar-refractivity contribution in [2.75, 3.05) is 49.1 Å². The normalized spacial score (nSPS) is 18.8. The molecule has 3 aliphatic rings. The van der Waals surface area contributed by atoms with Crippen molar-refractivity contribution in [3.8, 4) is 0 Å². The lowest BCUT2D eigenvalue weighted by Gasteiger charge is -2.39. The summed E-state index contributed by atoms with van der Waals surface area (Å²) in [4.78, 5) is 28.6. The minimum absolute atomic E-state index is 0.269. The highest BCUT2D eigenvalue weighted by atomic mass is 32.2. The number of hydrogen-bond acceptors (Lipinski definition) is 6. The smallest absolute Gasteiger partial charge is 0.410 e. The number of carbonyl (C=O) groups excluding carboxylic acids is 2. The van der Waals surface area contributed by atoms with E-state index in [0.717, 1.165) is 41.0 Å². The van der Waals surface area contributed by atoms with Gasteiger partial charge in [0.2, 0.25) is 0 Å². The molecule has 5 rings (SSSR count). The van der Waals surface area contributed by atoms with Gasteiger partial charge >= 0.3 is 6.09 Å². The highest BCUT2D eigenvalue weighted by molar-refractivity contribution is 7.97. The molecule has 0 radical (unpaired) electrons. The van der Waals surface area contributed by atoms with Crippen LogP contribution in [0.25, 0.3) is 6.08 Å². The van der Waals surface area contributed by atoms with E-state index in [1.807, 2.05) is 57.2 Å². The number of anilines is 2. The van der Waals surface area contributed by atoms with E-state index in [-0.39, 0.29) is 12.0 Å². The van der Waals surface area contributed by atoms with Crippen molar-refractivity contribution < 1.29 is 18.5 Å². The highest BCUT2D eigenvalue weighted by Gasteiger charge is 2.31. The van der Waals surface area contributed by atoms with Crippen LogP contribution in [-0.4, -0.2) is 70.5 Å². The van der Waals surface area contributed by atoms with Crippen molar-refractivity contribution in [1.82, 2.24) is 9.21 Å². The monoisotopic (exact) mass is 624 g/mol. The minimum atomic E-state index is -1.30. The summed E-state index contributed by atoms with van der Waals surface area (Å²) in [6, 6.07) is 13.5. The summed E-state index contributed by atoms with van der Waals surface area (Å²) in [7, 11) is 0.416. The van der Waals surface area contributed by atoms with E-state index in [9.17, 15) is 13.8 Å². The van der Waals surface area contributed by atoms with Gasteiger partial charge in [-0.25, -0.2) is 13.3 Å². The Morgan fingerprint density at radius 3 is 2.26 bits per heavy atom. The molecule has 2 amide bonds. The molecular weight excluding hydrogens is 581 g/mol. The first kappa shape index (κ1) is 31.6. The maximum absolute atomic E-state index is 13.5. The third-order valence-electron chi connectivity index (χ3n) is 8.46. The van der Waals surface area contributed by atoms with E-state index >= 15 is 0 Å². The van der Waals surface area contributed by atoms with Crippen LogP contribution in [0, 0.1) is 11.8 Å². The molecule has 43 heavy (non-hydrogen) atoms. The van der Waals surface area contributed by atoms with E-state index in [0.29, 0.717) is 30.0 Å². The molecule has 0 aromatic heterocycles. The average Bonchev–Trinajstić information content (AvgIpc) is 2.90. The summed E-state index contributed by atoms with van der Waals surface area (Å²) >= 11 is 1.80. The zero-order chi connectivity index (χ0) is 30.7. The molecule has 2 aliphatic heterocycles. The molecule has 0 spiro atoms. The number of benzene rings is 2. The Labute approximate surface area is 262 Å². The Bertz CT molecular complexity index is 1370. The molecule has 2 aromatic rings. The Morgan fingerprint density at radius 2 is 1.67 bits per heavy atom. The van der Waals surface area contributed by atoms with Gasteiger partial charge in [0.1, 0.15) is 16.6 Å². The summed E-state index contributed by atoms with van der Waals surface area (Å²) in [5.74, 6) is 1.61. The number of carbonyl (C=O) groups is 2. The predicted octanol–water partition coefficient (Wildman–Crippen LogP) is 6.82. The first-order valence-electron chi connectivity index (χ1n) is 15.2. The van der Waals surface area contributed by atoms with E-state index in [4.69, 9.17) is 4.74 Å². The molecule has 8 nitrogen and oxygen atoms in total. The lowest BCUT2D eigenvalue weighted by atomic mass is 9.72. The van der Waals surface area contributed by atoms with Crippen molar-refractivity contribution in [1.29, 1.82) is 0 Å². The minimum Gasteiger partial charge on any atom is -0.444 e. The van der Waals surface area contributed by atoms with Crippen LogP contribution in [0.5, 0.6) is 0 Å². The molecule has 1 aliphatic carbocycles. The first-order chi connectivity index (χ1) is 20.4. The number of nitrogens with one attached hydrogen (secondary N) is 1. The number of amides is 2. The van der Waals surface area contributed by atoms with Gasteiger partial charge in [0.25, 0.3) is 5.91 Å². The molecule has 1 unspecified atom stereocenters. The molecule has 1 N–H and O–H groups in total. The largest absolute Gasteiger partial charge is 0.444 e. The zero-order valence-electron chi connectivity index (χ0n) is 25.9. The van der Waals surface area contributed by atoms with Gasteiger partial charge in [-0.2, -0.15) is 0 Å². The Balaban J connectivity index is 1.22. The van der Waals surface area contributed by atoms with Crippen LogP contribution in [0.4, 0.5) is 16.2 Å². The van der Waals surface area contributed by atoms with E-state index in [2.05, 4.69) is 21.8 Å². The van der Waals surface area contributed by atoms with Crippen LogP contribution in [0.15, 0.2) is 52.9 Å². The van der Waals surface area contributed by atoms with Gasteiger partial charge < -0.3 is 15.0 Å². The summed E-state index contributed by atoms with van der Waals surface area (Å²) in [5, 5.41) is 3.03. The molecule has 2 saturated heterocycles. The predicted molar refractivity (Wildman–Crippen MR) is 177 cm³/mol. The standard InChI is InChI=1S/C33H44N4O4S2/c1-33(2,3)41-32(39)36-21-24(22-36)19-23-9-14-30(35(4)43(5)40)29(20-23)31(38)34-27-10-12-28(13-11-27)42-37-17-15-26(16-18-37)25-7-6-8-25/h9-14,19-20,25-26H,6-8,15-18,21-22H2,1-5H3,(H,34,38). The zero-order valence-corrected chi connectivity index (χ0v) is 27.6. The van der Waals surface area contributed by atoms with Gasteiger partial charge in [-0.3, -0.25) is 9.10 Å². The fraction of sp³-hybridized carbons (Fsp3) is 0.515. The SMILES string of the molecule is CN(c1ccc(C=C2CN(C(=O)OC(C)(C)C)C2)cc1C(=O)Nc1ccc(SN2CCC(C3CCC3)CC2)cc1)S(C)=O. The number of ether oxygens (including phenoxy) is 1. The molecule has 10 heteroatoms.